The van der Waals surface area contributed by atoms with Gasteiger partial charge in [0, 0.05) is 11.9 Å². The van der Waals surface area contributed by atoms with Crippen LogP contribution in [0.4, 0.5) is 10.1 Å². The number of benzene rings is 2. The predicted molar refractivity (Wildman–Crippen MR) is 89.4 cm³/mol. The van der Waals surface area contributed by atoms with Crippen LogP contribution in [0.3, 0.4) is 0 Å². The number of halogens is 1. The van der Waals surface area contributed by atoms with E-state index in [9.17, 15) is 17.6 Å². The minimum absolute atomic E-state index is 0.0833. The summed E-state index contributed by atoms with van der Waals surface area (Å²) in [5, 5.41) is 2.67. The van der Waals surface area contributed by atoms with Gasteiger partial charge in [-0.05, 0) is 48.9 Å². The van der Waals surface area contributed by atoms with Gasteiger partial charge in [0.2, 0.25) is 5.91 Å². The van der Waals surface area contributed by atoms with Crippen molar-refractivity contribution >= 4 is 21.4 Å². The zero-order chi connectivity index (χ0) is 17.7. The molecule has 0 aliphatic carbocycles. The monoisotopic (exact) mass is 351 g/mol. The molecule has 24 heavy (non-hydrogen) atoms. The summed E-state index contributed by atoms with van der Waals surface area (Å²) in [6.45, 7) is 1.90. The van der Waals surface area contributed by atoms with E-state index in [-0.39, 0.29) is 29.6 Å². The van der Waals surface area contributed by atoms with Gasteiger partial charge in [-0.2, -0.15) is 0 Å². The average Bonchev–Trinajstić information content (AvgIpc) is 2.50. The van der Waals surface area contributed by atoms with Crippen LogP contribution >= 0.6 is 0 Å². The number of aryl methyl sites for hydroxylation is 1. The Bertz CT molecular complexity index is 832. The molecule has 7 heteroatoms. The van der Waals surface area contributed by atoms with Gasteiger partial charge in [-0.3, -0.25) is 4.79 Å². The number of hydrogen-bond acceptors (Lipinski definition) is 4. The first-order chi connectivity index (χ1) is 11.3. The number of anilines is 1. The summed E-state index contributed by atoms with van der Waals surface area (Å²) in [4.78, 5) is 12.1. The SMILES string of the molecule is Cc1ccc(S(C)(=O)=O)cc1NC(=O)CCOc1ccc(F)cc1. The summed E-state index contributed by atoms with van der Waals surface area (Å²) in [6.07, 6.45) is 1.19. The molecule has 2 aromatic rings. The summed E-state index contributed by atoms with van der Waals surface area (Å²) >= 11 is 0. The van der Waals surface area contributed by atoms with E-state index in [1.807, 2.05) is 0 Å². The highest BCUT2D eigenvalue weighted by molar-refractivity contribution is 7.90. The summed E-state index contributed by atoms with van der Waals surface area (Å²) in [6, 6.07) is 10.1. The number of ether oxygens (including phenoxy) is 1. The maximum atomic E-state index is 12.8. The Balaban J connectivity index is 1.93. The van der Waals surface area contributed by atoms with Crippen molar-refractivity contribution in [2.24, 2.45) is 0 Å². The van der Waals surface area contributed by atoms with Crippen LogP contribution in [-0.2, 0) is 14.6 Å². The summed E-state index contributed by atoms with van der Waals surface area (Å²) < 4.78 is 41.3. The second kappa shape index (κ2) is 7.44. The molecule has 0 saturated carbocycles. The van der Waals surface area contributed by atoms with E-state index >= 15 is 0 Å². The standard InChI is InChI=1S/C17H18FNO4S/c1-12-3-8-15(24(2,21)22)11-16(12)19-17(20)9-10-23-14-6-4-13(18)5-7-14/h3-8,11H,9-10H2,1-2H3,(H,19,20). The minimum atomic E-state index is -3.34. The number of sulfone groups is 1. The number of nitrogens with one attached hydrogen (secondary N) is 1. The van der Waals surface area contributed by atoms with Gasteiger partial charge < -0.3 is 10.1 Å². The van der Waals surface area contributed by atoms with Crippen LogP contribution in [-0.4, -0.2) is 27.2 Å². The van der Waals surface area contributed by atoms with Crippen LogP contribution in [0.2, 0.25) is 0 Å². The Hall–Kier alpha value is -2.41. The van der Waals surface area contributed by atoms with Crippen LogP contribution in [0.5, 0.6) is 5.75 Å². The van der Waals surface area contributed by atoms with Gasteiger partial charge in [-0.1, -0.05) is 6.07 Å². The Morgan fingerprint density at radius 3 is 2.46 bits per heavy atom. The smallest absolute Gasteiger partial charge is 0.227 e. The van der Waals surface area contributed by atoms with E-state index in [1.54, 1.807) is 13.0 Å². The predicted octanol–water partition coefficient (Wildman–Crippen LogP) is 2.95. The Labute approximate surface area is 140 Å². The highest BCUT2D eigenvalue weighted by Gasteiger charge is 2.11. The zero-order valence-corrected chi connectivity index (χ0v) is 14.2. The van der Waals surface area contributed by atoms with Crippen molar-refractivity contribution < 1.29 is 22.3 Å². The molecule has 0 fully saturated rings. The van der Waals surface area contributed by atoms with Crippen molar-refractivity contribution in [3.8, 4) is 5.75 Å². The van der Waals surface area contributed by atoms with Gasteiger partial charge in [0.05, 0.1) is 17.9 Å². The highest BCUT2D eigenvalue weighted by Crippen LogP contribution is 2.20. The highest BCUT2D eigenvalue weighted by atomic mass is 32.2. The molecule has 0 spiro atoms. The number of rotatable bonds is 6. The largest absolute Gasteiger partial charge is 0.493 e. The summed E-state index contributed by atoms with van der Waals surface area (Å²) in [5.41, 5.74) is 1.21. The second-order valence-corrected chi connectivity index (χ2v) is 7.37. The maximum Gasteiger partial charge on any atom is 0.227 e. The van der Waals surface area contributed by atoms with E-state index in [2.05, 4.69) is 5.32 Å². The quantitative estimate of drug-likeness (QED) is 0.868. The van der Waals surface area contributed by atoms with Gasteiger partial charge in [-0.15, -0.1) is 0 Å². The van der Waals surface area contributed by atoms with Gasteiger partial charge >= 0.3 is 0 Å². The first kappa shape index (κ1) is 17.9. The molecule has 0 aliphatic rings. The molecule has 1 N–H and O–H groups in total. The van der Waals surface area contributed by atoms with Crippen LogP contribution in [0.15, 0.2) is 47.4 Å². The Morgan fingerprint density at radius 2 is 1.83 bits per heavy atom. The molecular weight excluding hydrogens is 333 g/mol. The lowest BCUT2D eigenvalue weighted by molar-refractivity contribution is -0.116. The third-order valence-electron chi connectivity index (χ3n) is 3.32. The summed E-state index contributed by atoms with van der Waals surface area (Å²) in [5.74, 6) is -0.188. The number of amides is 1. The van der Waals surface area contributed by atoms with E-state index in [0.29, 0.717) is 11.4 Å². The molecule has 5 nitrogen and oxygen atoms in total. The normalized spacial score (nSPS) is 11.1. The van der Waals surface area contributed by atoms with Gasteiger partial charge in [0.1, 0.15) is 11.6 Å². The molecule has 1 amide bonds. The van der Waals surface area contributed by atoms with E-state index < -0.39 is 9.84 Å². The Morgan fingerprint density at radius 1 is 1.17 bits per heavy atom. The third-order valence-corrected chi connectivity index (χ3v) is 4.43. The van der Waals surface area contributed by atoms with Crippen molar-refractivity contribution in [3.05, 3.63) is 53.8 Å². The van der Waals surface area contributed by atoms with E-state index in [4.69, 9.17) is 4.74 Å². The first-order valence-corrected chi connectivity index (χ1v) is 9.14. The van der Waals surface area contributed by atoms with Crippen molar-refractivity contribution in [2.75, 3.05) is 18.2 Å². The molecule has 0 atom stereocenters. The molecule has 0 aromatic heterocycles. The van der Waals surface area contributed by atoms with Crippen LogP contribution in [0.25, 0.3) is 0 Å². The van der Waals surface area contributed by atoms with Gasteiger partial charge in [0.25, 0.3) is 0 Å². The molecule has 0 bridgehead atoms. The number of carbonyl (C=O) groups is 1. The Kier molecular flexibility index (Phi) is 5.56. The molecule has 0 aliphatic heterocycles. The van der Waals surface area contributed by atoms with Gasteiger partial charge in [-0.25, -0.2) is 12.8 Å². The number of hydrogen-bond donors (Lipinski definition) is 1. The lowest BCUT2D eigenvalue weighted by Gasteiger charge is -2.11. The van der Waals surface area contributed by atoms with Crippen LogP contribution in [0, 0.1) is 12.7 Å². The van der Waals surface area contributed by atoms with Crippen molar-refractivity contribution in [1.29, 1.82) is 0 Å². The van der Waals surface area contributed by atoms with Crippen molar-refractivity contribution in [1.82, 2.24) is 0 Å². The molecule has 0 radical (unpaired) electrons. The van der Waals surface area contributed by atoms with Gasteiger partial charge in [0.15, 0.2) is 9.84 Å². The molecule has 2 aromatic carbocycles. The van der Waals surface area contributed by atoms with E-state index in [1.165, 1.54) is 36.4 Å². The molecule has 0 unspecified atom stereocenters. The number of carbonyl (C=O) groups excluding carboxylic acids is 1. The maximum absolute atomic E-state index is 12.8. The first-order valence-electron chi connectivity index (χ1n) is 7.24. The lowest BCUT2D eigenvalue weighted by Crippen LogP contribution is -2.16. The third kappa shape index (κ3) is 5.06. The lowest BCUT2D eigenvalue weighted by atomic mass is 10.2. The fourth-order valence-corrected chi connectivity index (χ4v) is 2.62. The minimum Gasteiger partial charge on any atom is -0.493 e. The topological polar surface area (TPSA) is 72.5 Å². The van der Waals surface area contributed by atoms with Crippen LogP contribution in [0.1, 0.15) is 12.0 Å². The van der Waals surface area contributed by atoms with Crippen molar-refractivity contribution in [2.45, 2.75) is 18.2 Å². The molecular formula is C17H18FNO4S. The zero-order valence-electron chi connectivity index (χ0n) is 13.4. The molecule has 0 heterocycles. The average molecular weight is 351 g/mol. The fourth-order valence-electron chi connectivity index (χ4n) is 1.97. The summed E-state index contributed by atoms with van der Waals surface area (Å²) in [7, 11) is -3.34. The molecule has 128 valence electrons. The second-order valence-electron chi connectivity index (χ2n) is 5.35. The fraction of sp³-hybridized carbons (Fsp3) is 0.235. The van der Waals surface area contributed by atoms with Crippen molar-refractivity contribution in [3.63, 3.8) is 0 Å². The molecule has 0 saturated heterocycles. The van der Waals surface area contributed by atoms with E-state index in [0.717, 1.165) is 11.8 Å². The molecule has 2 rings (SSSR count). The van der Waals surface area contributed by atoms with Crippen LogP contribution < -0.4 is 10.1 Å².